The Morgan fingerprint density at radius 3 is 2.60 bits per heavy atom. The highest BCUT2D eigenvalue weighted by atomic mass is 16.5. The molecule has 1 atom stereocenters. The van der Waals surface area contributed by atoms with E-state index in [9.17, 15) is 9.90 Å². The first-order valence-electron chi connectivity index (χ1n) is 7.60. The van der Waals surface area contributed by atoms with Gasteiger partial charge in [-0.15, -0.1) is 0 Å². The monoisotopic (exact) mass is 278 g/mol. The maximum Gasteiger partial charge on any atom is 0.306 e. The summed E-state index contributed by atoms with van der Waals surface area (Å²) in [6.07, 6.45) is 5.80. The van der Waals surface area contributed by atoms with Crippen LogP contribution >= 0.6 is 0 Å². The number of aliphatic hydroxyl groups excluding tert-OH is 1. The summed E-state index contributed by atoms with van der Waals surface area (Å²) >= 11 is 0. The van der Waals surface area contributed by atoms with Crippen LogP contribution in [-0.2, 0) is 16.1 Å². The molecule has 0 aliphatic carbocycles. The highest BCUT2D eigenvalue weighted by molar-refractivity contribution is 5.69. The Kier molecular flexibility index (Phi) is 8.72. The van der Waals surface area contributed by atoms with Crippen LogP contribution < -0.4 is 0 Å². The third-order valence-electron chi connectivity index (χ3n) is 3.32. The fourth-order valence-electron chi connectivity index (χ4n) is 2.05. The van der Waals surface area contributed by atoms with E-state index in [2.05, 4.69) is 6.92 Å². The molecule has 0 bridgehead atoms. The Labute approximate surface area is 122 Å². The maximum absolute atomic E-state index is 11.6. The zero-order valence-electron chi connectivity index (χ0n) is 12.4. The van der Waals surface area contributed by atoms with Crippen LogP contribution in [0.3, 0.4) is 0 Å². The van der Waals surface area contributed by atoms with Crippen molar-refractivity contribution in [2.75, 3.05) is 0 Å². The van der Waals surface area contributed by atoms with E-state index in [1.54, 1.807) is 0 Å². The smallest absolute Gasteiger partial charge is 0.306 e. The lowest BCUT2D eigenvalue weighted by molar-refractivity contribution is -0.145. The number of hydrogen-bond acceptors (Lipinski definition) is 3. The van der Waals surface area contributed by atoms with E-state index in [0.29, 0.717) is 19.4 Å². The summed E-state index contributed by atoms with van der Waals surface area (Å²) in [5.41, 5.74) is 0.987. The van der Waals surface area contributed by atoms with Crippen LogP contribution in [0.2, 0.25) is 0 Å². The van der Waals surface area contributed by atoms with Gasteiger partial charge in [-0.1, -0.05) is 62.9 Å². The van der Waals surface area contributed by atoms with E-state index in [-0.39, 0.29) is 12.1 Å². The van der Waals surface area contributed by atoms with Gasteiger partial charge in [-0.25, -0.2) is 0 Å². The normalized spacial score (nSPS) is 12.1. The van der Waals surface area contributed by atoms with Gasteiger partial charge in [0.05, 0.1) is 6.10 Å². The van der Waals surface area contributed by atoms with Crippen molar-refractivity contribution in [2.24, 2.45) is 0 Å². The van der Waals surface area contributed by atoms with E-state index < -0.39 is 0 Å². The summed E-state index contributed by atoms with van der Waals surface area (Å²) in [4.78, 5) is 11.6. The van der Waals surface area contributed by atoms with Gasteiger partial charge in [0.15, 0.2) is 0 Å². The molecule has 0 spiro atoms. The highest BCUT2D eigenvalue weighted by Gasteiger charge is 2.09. The number of rotatable bonds is 10. The first-order valence-corrected chi connectivity index (χ1v) is 7.60. The zero-order chi connectivity index (χ0) is 14.6. The Balaban J connectivity index is 2.07. The number of ether oxygens (including phenoxy) is 1. The molecule has 0 aromatic heterocycles. The van der Waals surface area contributed by atoms with Crippen molar-refractivity contribution >= 4 is 5.97 Å². The van der Waals surface area contributed by atoms with Crippen molar-refractivity contribution < 1.29 is 14.6 Å². The molecule has 20 heavy (non-hydrogen) atoms. The molecule has 0 aliphatic heterocycles. The molecular weight excluding hydrogens is 252 g/mol. The van der Waals surface area contributed by atoms with Gasteiger partial charge in [-0.3, -0.25) is 4.79 Å². The SMILES string of the molecule is CCCCCC[C@@H](O)CCC(=O)OCc1ccccc1. The van der Waals surface area contributed by atoms with Gasteiger partial charge in [0.1, 0.15) is 6.61 Å². The molecule has 3 heteroatoms. The standard InChI is InChI=1S/C17H26O3/c1-2-3-4-8-11-16(18)12-13-17(19)20-14-15-9-6-5-7-10-15/h5-7,9-10,16,18H,2-4,8,11-14H2,1H3/t16-/m1/s1. The Hall–Kier alpha value is -1.35. The maximum atomic E-state index is 11.6. The van der Waals surface area contributed by atoms with E-state index in [0.717, 1.165) is 24.8 Å². The summed E-state index contributed by atoms with van der Waals surface area (Å²) in [6, 6.07) is 9.62. The minimum atomic E-state index is -0.379. The van der Waals surface area contributed by atoms with Crippen LogP contribution in [0.4, 0.5) is 0 Å². The molecule has 0 amide bonds. The Morgan fingerprint density at radius 1 is 1.15 bits per heavy atom. The van der Waals surface area contributed by atoms with Crippen molar-refractivity contribution in [2.45, 2.75) is 64.6 Å². The molecule has 1 rings (SSSR count). The topological polar surface area (TPSA) is 46.5 Å². The number of carbonyl (C=O) groups is 1. The third-order valence-corrected chi connectivity index (χ3v) is 3.32. The molecule has 3 nitrogen and oxygen atoms in total. The number of esters is 1. The van der Waals surface area contributed by atoms with Crippen molar-refractivity contribution in [3.8, 4) is 0 Å². The molecule has 1 aromatic rings. The van der Waals surface area contributed by atoms with Gasteiger partial charge in [-0.05, 0) is 18.4 Å². The highest BCUT2D eigenvalue weighted by Crippen LogP contribution is 2.10. The third kappa shape index (κ3) is 7.95. The van der Waals surface area contributed by atoms with E-state index >= 15 is 0 Å². The lowest BCUT2D eigenvalue weighted by atomic mass is 10.1. The van der Waals surface area contributed by atoms with E-state index in [1.165, 1.54) is 12.8 Å². The number of benzene rings is 1. The fourth-order valence-corrected chi connectivity index (χ4v) is 2.05. The van der Waals surface area contributed by atoms with Gasteiger partial charge in [0, 0.05) is 6.42 Å². The molecule has 0 radical (unpaired) electrons. The molecule has 0 aliphatic rings. The number of aliphatic hydroxyl groups is 1. The van der Waals surface area contributed by atoms with Crippen molar-refractivity contribution in [3.05, 3.63) is 35.9 Å². The fraction of sp³-hybridized carbons (Fsp3) is 0.588. The Morgan fingerprint density at radius 2 is 1.90 bits per heavy atom. The van der Waals surface area contributed by atoms with E-state index in [1.807, 2.05) is 30.3 Å². The Bertz CT molecular complexity index is 362. The number of carbonyl (C=O) groups excluding carboxylic acids is 1. The molecule has 0 fully saturated rings. The van der Waals surface area contributed by atoms with Gasteiger partial charge in [0.25, 0.3) is 0 Å². The van der Waals surface area contributed by atoms with Crippen LogP contribution in [0.15, 0.2) is 30.3 Å². The number of hydrogen-bond donors (Lipinski definition) is 1. The first kappa shape index (κ1) is 16.7. The summed E-state index contributed by atoms with van der Waals surface area (Å²) in [7, 11) is 0. The summed E-state index contributed by atoms with van der Waals surface area (Å²) < 4.78 is 5.17. The molecule has 112 valence electrons. The second kappa shape index (κ2) is 10.4. The molecule has 0 heterocycles. The van der Waals surface area contributed by atoms with Crippen LogP contribution in [0, 0.1) is 0 Å². The van der Waals surface area contributed by atoms with Crippen molar-refractivity contribution in [3.63, 3.8) is 0 Å². The minimum Gasteiger partial charge on any atom is -0.461 e. The quantitative estimate of drug-likeness (QED) is 0.522. The summed E-state index contributed by atoms with van der Waals surface area (Å²) in [5.74, 6) is -0.235. The molecular formula is C17H26O3. The van der Waals surface area contributed by atoms with Gasteiger partial charge in [-0.2, -0.15) is 0 Å². The molecule has 0 unspecified atom stereocenters. The van der Waals surface area contributed by atoms with Gasteiger partial charge in [0.2, 0.25) is 0 Å². The summed E-state index contributed by atoms with van der Waals surface area (Å²) in [6.45, 7) is 2.48. The van der Waals surface area contributed by atoms with Crippen LogP contribution in [0.5, 0.6) is 0 Å². The van der Waals surface area contributed by atoms with Gasteiger partial charge < -0.3 is 9.84 Å². The minimum absolute atomic E-state index is 0.235. The molecule has 0 saturated carbocycles. The van der Waals surface area contributed by atoms with Crippen LogP contribution in [0.25, 0.3) is 0 Å². The second-order valence-corrected chi connectivity index (χ2v) is 5.19. The molecule has 1 N–H and O–H groups in total. The molecule has 1 aromatic carbocycles. The van der Waals surface area contributed by atoms with E-state index in [4.69, 9.17) is 4.74 Å². The largest absolute Gasteiger partial charge is 0.461 e. The first-order chi connectivity index (χ1) is 9.72. The van der Waals surface area contributed by atoms with Crippen LogP contribution in [-0.4, -0.2) is 17.2 Å². The average Bonchev–Trinajstić information content (AvgIpc) is 2.48. The lowest BCUT2D eigenvalue weighted by Gasteiger charge is -2.10. The van der Waals surface area contributed by atoms with Gasteiger partial charge >= 0.3 is 5.97 Å². The second-order valence-electron chi connectivity index (χ2n) is 5.19. The lowest BCUT2D eigenvalue weighted by Crippen LogP contribution is -2.11. The predicted octanol–water partition coefficient (Wildman–Crippen LogP) is 3.84. The number of unbranched alkanes of at least 4 members (excludes halogenated alkanes) is 3. The van der Waals surface area contributed by atoms with Crippen molar-refractivity contribution in [1.29, 1.82) is 0 Å². The van der Waals surface area contributed by atoms with Crippen LogP contribution in [0.1, 0.15) is 57.4 Å². The van der Waals surface area contributed by atoms with Crippen molar-refractivity contribution in [1.82, 2.24) is 0 Å². The zero-order valence-corrected chi connectivity index (χ0v) is 12.4. The summed E-state index contributed by atoms with van der Waals surface area (Å²) in [5, 5.41) is 9.77. The average molecular weight is 278 g/mol. The molecule has 0 saturated heterocycles. The predicted molar refractivity (Wildman–Crippen MR) is 80.2 cm³/mol.